The molecule has 1 fully saturated rings. The van der Waals surface area contributed by atoms with Crippen LogP contribution in [0.2, 0.25) is 0 Å². The first-order valence-corrected chi connectivity index (χ1v) is 4.36. The molecule has 0 radical (unpaired) electrons. The van der Waals surface area contributed by atoms with Crippen molar-refractivity contribution in [3.8, 4) is 0 Å². The molecule has 62 valence electrons. The third kappa shape index (κ3) is 1.65. The molecule has 0 saturated carbocycles. The number of hydrogen-bond acceptors (Lipinski definition) is 3. The second kappa shape index (κ2) is 3.13. The average Bonchev–Trinajstić information content (AvgIpc) is 2.32. The van der Waals surface area contributed by atoms with Gasteiger partial charge in [-0.1, -0.05) is 0 Å². The quantitative estimate of drug-likeness (QED) is 0.609. The largest absolute Gasteiger partial charge is 0.480 e. The van der Waals surface area contributed by atoms with Crippen LogP contribution in [-0.4, -0.2) is 39.6 Å². The van der Waals surface area contributed by atoms with Crippen molar-refractivity contribution in [2.45, 2.75) is 13.0 Å². The normalized spacial score (nSPS) is 23.7. The summed E-state index contributed by atoms with van der Waals surface area (Å²) in [5.41, 5.74) is 0. The summed E-state index contributed by atoms with van der Waals surface area (Å²) in [4.78, 5) is 22.7. The van der Waals surface area contributed by atoms with E-state index in [2.05, 4.69) is 0 Å². The fourth-order valence-corrected chi connectivity index (χ4v) is 2.17. The van der Waals surface area contributed by atoms with Crippen LogP contribution in [0, 0.1) is 0 Å². The SMILES string of the molecule is CC(=O)N1CSC[C@H]1C(=O)O. The molecule has 1 heterocycles. The Morgan fingerprint density at radius 2 is 2.27 bits per heavy atom. The van der Waals surface area contributed by atoms with Crippen molar-refractivity contribution >= 4 is 23.6 Å². The smallest absolute Gasteiger partial charge is 0.327 e. The highest BCUT2D eigenvalue weighted by Gasteiger charge is 2.32. The van der Waals surface area contributed by atoms with Gasteiger partial charge in [0.2, 0.25) is 5.91 Å². The predicted molar refractivity (Wildman–Crippen MR) is 41.3 cm³/mol. The molecule has 0 aromatic heterocycles. The van der Waals surface area contributed by atoms with Crippen molar-refractivity contribution in [1.82, 2.24) is 4.90 Å². The van der Waals surface area contributed by atoms with Crippen LogP contribution < -0.4 is 0 Å². The zero-order chi connectivity index (χ0) is 8.43. The minimum Gasteiger partial charge on any atom is -0.480 e. The Bertz CT molecular complexity index is 174. The Morgan fingerprint density at radius 1 is 1.64 bits per heavy atom. The van der Waals surface area contributed by atoms with E-state index in [4.69, 9.17) is 5.11 Å². The number of nitrogens with zero attached hydrogens (tertiary/aromatic N) is 1. The van der Waals surface area contributed by atoms with Crippen LogP contribution >= 0.6 is 11.8 Å². The highest BCUT2D eigenvalue weighted by molar-refractivity contribution is 7.99. The Balaban J connectivity index is 2.65. The number of hydrogen-bond donors (Lipinski definition) is 1. The lowest BCUT2D eigenvalue weighted by atomic mass is 10.3. The molecule has 0 unspecified atom stereocenters. The minimum absolute atomic E-state index is 0.164. The minimum atomic E-state index is -0.912. The second-order valence-electron chi connectivity index (χ2n) is 2.34. The lowest BCUT2D eigenvalue weighted by Crippen LogP contribution is -2.40. The maximum absolute atomic E-state index is 10.8. The van der Waals surface area contributed by atoms with Crippen LogP contribution in [0.5, 0.6) is 0 Å². The van der Waals surface area contributed by atoms with Gasteiger partial charge in [0.15, 0.2) is 0 Å². The predicted octanol–water partition coefficient (Wildman–Crippen LogP) is -0.00760. The van der Waals surface area contributed by atoms with Gasteiger partial charge in [-0.2, -0.15) is 0 Å². The van der Waals surface area contributed by atoms with Crippen LogP contribution in [-0.2, 0) is 9.59 Å². The van der Waals surface area contributed by atoms with Crippen LogP contribution in [0.15, 0.2) is 0 Å². The van der Waals surface area contributed by atoms with Crippen LogP contribution in [0.4, 0.5) is 0 Å². The number of carbonyl (C=O) groups is 2. The lowest BCUT2D eigenvalue weighted by molar-refractivity contribution is -0.146. The average molecular weight is 175 g/mol. The third-order valence-corrected chi connectivity index (χ3v) is 2.58. The first-order valence-electron chi connectivity index (χ1n) is 3.20. The number of rotatable bonds is 1. The second-order valence-corrected chi connectivity index (χ2v) is 3.34. The summed E-state index contributed by atoms with van der Waals surface area (Å²) in [5, 5.41) is 8.63. The highest BCUT2D eigenvalue weighted by Crippen LogP contribution is 2.20. The van der Waals surface area contributed by atoms with Gasteiger partial charge in [-0.3, -0.25) is 4.79 Å². The molecule has 1 atom stereocenters. The van der Waals surface area contributed by atoms with Crippen molar-refractivity contribution in [2.24, 2.45) is 0 Å². The standard InChI is InChI=1S/C6H9NO3S/c1-4(8)7-3-11-2-5(7)6(9)10/h5H,2-3H2,1H3,(H,9,10)/t5-/m0/s1. The van der Waals surface area contributed by atoms with Crippen LogP contribution in [0.1, 0.15) is 6.92 Å². The molecule has 0 aromatic carbocycles. The summed E-state index contributed by atoms with van der Waals surface area (Å²) in [6, 6.07) is -0.613. The lowest BCUT2D eigenvalue weighted by Gasteiger charge is -2.17. The Labute approximate surface area is 68.6 Å². The molecule has 1 rings (SSSR count). The molecule has 1 aliphatic heterocycles. The van der Waals surface area contributed by atoms with Crippen LogP contribution in [0.3, 0.4) is 0 Å². The highest BCUT2D eigenvalue weighted by atomic mass is 32.2. The van der Waals surface area contributed by atoms with Gasteiger partial charge in [0.1, 0.15) is 6.04 Å². The van der Waals surface area contributed by atoms with Gasteiger partial charge in [0.25, 0.3) is 0 Å². The Kier molecular flexibility index (Phi) is 2.38. The van der Waals surface area contributed by atoms with Gasteiger partial charge in [-0.25, -0.2) is 4.79 Å². The number of carboxylic acids is 1. The van der Waals surface area contributed by atoms with Gasteiger partial charge in [-0.15, -0.1) is 11.8 Å². The van der Waals surface area contributed by atoms with Gasteiger partial charge < -0.3 is 10.0 Å². The Hall–Kier alpha value is -0.710. The number of carbonyl (C=O) groups excluding carboxylic acids is 1. The monoisotopic (exact) mass is 175 g/mol. The van der Waals surface area contributed by atoms with E-state index in [0.717, 1.165) is 0 Å². The fourth-order valence-electron chi connectivity index (χ4n) is 0.958. The van der Waals surface area contributed by atoms with E-state index in [1.165, 1.54) is 23.6 Å². The van der Waals surface area contributed by atoms with E-state index in [-0.39, 0.29) is 5.91 Å². The maximum atomic E-state index is 10.8. The summed E-state index contributed by atoms with van der Waals surface area (Å²) in [6.07, 6.45) is 0. The molecule has 5 heteroatoms. The van der Waals surface area contributed by atoms with Crippen molar-refractivity contribution in [3.63, 3.8) is 0 Å². The van der Waals surface area contributed by atoms with E-state index in [1.54, 1.807) is 0 Å². The molecule has 1 N–H and O–H groups in total. The van der Waals surface area contributed by atoms with E-state index >= 15 is 0 Å². The molecule has 1 saturated heterocycles. The summed E-state index contributed by atoms with van der Waals surface area (Å²) >= 11 is 1.47. The molecular weight excluding hydrogens is 166 g/mol. The van der Waals surface area contributed by atoms with E-state index in [0.29, 0.717) is 11.6 Å². The molecule has 0 aliphatic carbocycles. The number of amides is 1. The number of thioether (sulfide) groups is 1. The van der Waals surface area contributed by atoms with Crippen molar-refractivity contribution in [1.29, 1.82) is 0 Å². The molecule has 11 heavy (non-hydrogen) atoms. The van der Waals surface area contributed by atoms with Crippen LogP contribution in [0.25, 0.3) is 0 Å². The van der Waals surface area contributed by atoms with Gasteiger partial charge >= 0.3 is 5.97 Å². The van der Waals surface area contributed by atoms with Gasteiger partial charge in [-0.05, 0) is 0 Å². The van der Waals surface area contributed by atoms with Crippen molar-refractivity contribution in [2.75, 3.05) is 11.6 Å². The summed E-state index contributed by atoms with van der Waals surface area (Å²) in [5.74, 6) is -0.0612. The fraction of sp³-hybridized carbons (Fsp3) is 0.667. The van der Waals surface area contributed by atoms with E-state index < -0.39 is 12.0 Å². The van der Waals surface area contributed by atoms with E-state index in [1.807, 2.05) is 0 Å². The number of carboxylic acid groups (broad SMARTS) is 1. The zero-order valence-corrected chi connectivity index (χ0v) is 6.93. The molecule has 1 amide bonds. The maximum Gasteiger partial charge on any atom is 0.327 e. The summed E-state index contributed by atoms with van der Waals surface area (Å²) in [7, 11) is 0. The molecule has 0 spiro atoms. The third-order valence-electron chi connectivity index (χ3n) is 1.57. The first kappa shape index (κ1) is 8.39. The first-order chi connectivity index (χ1) is 5.13. The van der Waals surface area contributed by atoms with Gasteiger partial charge in [0.05, 0.1) is 5.88 Å². The molecule has 0 bridgehead atoms. The van der Waals surface area contributed by atoms with Crippen molar-refractivity contribution < 1.29 is 14.7 Å². The topological polar surface area (TPSA) is 57.6 Å². The molecule has 0 aromatic rings. The Morgan fingerprint density at radius 3 is 2.64 bits per heavy atom. The van der Waals surface area contributed by atoms with Crippen molar-refractivity contribution in [3.05, 3.63) is 0 Å². The van der Waals surface area contributed by atoms with Gasteiger partial charge in [0, 0.05) is 12.7 Å². The summed E-state index contributed by atoms with van der Waals surface area (Å²) < 4.78 is 0. The zero-order valence-electron chi connectivity index (χ0n) is 6.11. The molecule has 4 nitrogen and oxygen atoms in total. The molecule has 1 aliphatic rings. The molecular formula is C6H9NO3S. The van der Waals surface area contributed by atoms with E-state index in [9.17, 15) is 9.59 Å². The summed E-state index contributed by atoms with van der Waals surface area (Å²) in [6.45, 7) is 1.39. The number of aliphatic carboxylic acids is 1.